The van der Waals surface area contributed by atoms with Gasteiger partial charge < -0.3 is 10.6 Å². The molecule has 0 bridgehead atoms. The Morgan fingerprint density at radius 1 is 1.08 bits per heavy atom. The summed E-state index contributed by atoms with van der Waals surface area (Å²) < 4.78 is 0.819. The zero-order chi connectivity index (χ0) is 17.4. The summed E-state index contributed by atoms with van der Waals surface area (Å²) >= 11 is 3.40. The molecule has 0 aliphatic carbocycles. The Kier molecular flexibility index (Phi) is 7.00. The molecule has 0 aromatic heterocycles. The number of hydrogen-bond donors (Lipinski definition) is 2. The van der Waals surface area contributed by atoms with E-state index in [-0.39, 0.29) is 18.2 Å². The Bertz CT molecular complexity index is 702. The highest BCUT2D eigenvalue weighted by Crippen LogP contribution is 2.23. The van der Waals surface area contributed by atoms with Crippen molar-refractivity contribution in [3.05, 3.63) is 64.1 Å². The van der Waals surface area contributed by atoms with Gasteiger partial charge >= 0.3 is 0 Å². The van der Waals surface area contributed by atoms with Gasteiger partial charge in [0.25, 0.3) is 0 Å². The van der Waals surface area contributed by atoms with Gasteiger partial charge in [-0.3, -0.25) is 9.59 Å². The minimum atomic E-state index is -0.0792. The lowest BCUT2D eigenvalue weighted by Gasteiger charge is -2.12. The highest BCUT2D eigenvalue weighted by atomic mass is 79.9. The molecule has 24 heavy (non-hydrogen) atoms. The maximum absolute atomic E-state index is 12.7. The van der Waals surface area contributed by atoms with E-state index < -0.39 is 0 Å². The maximum atomic E-state index is 12.7. The molecule has 5 heteroatoms. The van der Waals surface area contributed by atoms with Gasteiger partial charge in [0.05, 0.1) is 6.54 Å². The van der Waals surface area contributed by atoms with Crippen molar-refractivity contribution >= 4 is 33.3 Å². The SMILES string of the molecule is CCCCNC(=O)CNc1ccc(Br)cc1C(=O)c1ccccc1. The second-order valence-electron chi connectivity index (χ2n) is 5.44. The number of benzene rings is 2. The molecule has 0 aliphatic heterocycles. The number of halogens is 1. The van der Waals surface area contributed by atoms with Crippen LogP contribution in [0.5, 0.6) is 0 Å². The zero-order valence-electron chi connectivity index (χ0n) is 13.6. The fourth-order valence-electron chi connectivity index (χ4n) is 2.25. The lowest BCUT2D eigenvalue weighted by molar-refractivity contribution is -0.119. The molecule has 0 heterocycles. The predicted molar refractivity (Wildman–Crippen MR) is 100 cm³/mol. The van der Waals surface area contributed by atoms with Crippen LogP contribution in [0.4, 0.5) is 5.69 Å². The molecule has 2 rings (SSSR count). The van der Waals surface area contributed by atoms with Crippen molar-refractivity contribution in [2.24, 2.45) is 0 Å². The number of carbonyl (C=O) groups is 2. The van der Waals surface area contributed by atoms with E-state index in [0.717, 1.165) is 17.3 Å². The number of nitrogens with one attached hydrogen (secondary N) is 2. The molecule has 2 aromatic rings. The Labute approximate surface area is 150 Å². The molecule has 0 unspecified atom stereocenters. The van der Waals surface area contributed by atoms with Crippen molar-refractivity contribution in [2.45, 2.75) is 19.8 Å². The molecular formula is C19H21BrN2O2. The molecule has 0 radical (unpaired) electrons. The summed E-state index contributed by atoms with van der Waals surface area (Å²) in [5, 5.41) is 5.91. The third kappa shape index (κ3) is 5.20. The molecular weight excluding hydrogens is 368 g/mol. The molecule has 0 atom stereocenters. The van der Waals surface area contributed by atoms with Crippen molar-refractivity contribution in [2.75, 3.05) is 18.4 Å². The Balaban J connectivity index is 2.10. The highest BCUT2D eigenvalue weighted by Gasteiger charge is 2.14. The first-order valence-corrected chi connectivity index (χ1v) is 8.81. The lowest BCUT2D eigenvalue weighted by Crippen LogP contribution is -2.30. The van der Waals surface area contributed by atoms with E-state index in [0.29, 0.717) is 23.4 Å². The van der Waals surface area contributed by atoms with Crippen molar-refractivity contribution in [1.29, 1.82) is 0 Å². The summed E-state index contributed by atoms with van der Waals surface area (Å²) in [5.74, 6) is -0.157. The fraction of sp³-hybridized carbons (Fsp3) is 0.263. The second-order valence-corrected chi connectivity index (χ2v) is 6.36. The molecule has 0 saturated heterocycles. The number of rotatable bonds is 8. The fourth-order valence-corrected chi connectivity index (χ4v) is 2.61. The third-order valence-corrected chi connectivity index (χ3v) is 4.05. The van der Waals surface area contributed by atoms with Crippen LogP contribution >= 0.6 is 15.9 Å². The quantitative estimate of drug-likeness (QED) is 0.530. The third-order valence-electron chi connectivity index (χ3n) is 3.55. The van der Waals surface area contributed by atoms with Crippen LogP contribution in [0.2, 0.25) is 0 Å². The van der Waals surface area contributed by atoms with Gasteiger partial charge in [-0.1, -0.05) is 59.6 Å². The van der Waals surface area contributed by atoms with Gasteiger partial charge in [0.1, 0.15) is 0 Å². The van der Waals surface area contributed by atoms with Crippen LogP contribution in [0.25, 0.3) is 0 Å². The van der Waals surface area contributed by atoms with Crippen LogP contribution in [0, 0.1) is 0 Å². The molecule has 0 fully saturated rings. The normalized spacial score (nSPS) is 10.2. The van der Waals surface area contributed by atoms with Crippen LogP contribution in [0.1, 0.15) is 35.7 Å². The van der Waals surface area contributed by atoms with Gasteiger partial charge in [0, 0.05) is 27.8 Å². The first-order valence-electron chi connectivity index (χ1n) is 8.01. The van der Waals surface area contributed by atoms with E-state index in [9.17, 15) is 9.59 Å². The Morgan fingerprint density at radius 3 is 2.54 bits per heavy atom. The van der Waals surface area contributed by atoms with E-state index in [2.05, 4.69) is 33.5 Å². The summed E-state index contributed by atoms with van der Waals surface area (Å²) in [4.78, 5) is 24.6. The van der Waals surface area contributed by atoms with E-state index in [1.165, 1.54) is 0 Å². The number of carbonyl (C=O) groups excluding carboxylic acids is 2. The Hall–Kier alpha value is -2.14. The van der Waals surface area contributed by atoms with Gasteiger partial charge in [-0.2, -0.15) is 0 Å². The molecule has 0 aliphatic rings. The first kappa shape index (κ1) is 18.2. The maximum Gasteiger partial charge on any atom is 0.239 e. The molecule has 126 valence electrons. The van der Waals surface area contributed by atoms with E-state index in [1.807, 2.05) is 24.3 Å². The van der Waals surface area contributed by atoms with Crippen molar-refractivity contribution < 1.29 is 9.59 Å². The predicted octanol–water partition coefficient (Wildman–Crippen LogP) is 4.01. The topological polar surface area (TPSA) is 58.2 Å². The number of unbranched alkanes of at least 4 members (excludes halogenated alkanes) is 1. The summed E-state index contributed by atoms with van der Waals surface area (Å²) in [5.41, 5.74) is 1.81. The summed E-state index contributed by atoms with van der Waals surface area (Å²) in [6.45, 7) is 2.89. The van der Waals surface area contributed by atoms with Crippen LogP contribution in [0.3, 0.4) is 0 Å². The van der Waals surface area contributed by atoms with Gasteiger partial charge in [0.2, 0.25) is 5.91 Å². The van der Waals surface area contributed by atoms with Crippen LogP contribution in [-0.4, -0.2) is 24.8 Å². The standard InChI is InChI=1S/C19H21BrN2O2/c1-2-3-11-21-18(23)13-22-17-10-9-15(20)12-16(17)19(24)14-7-5-4-6-8-14/h4-10,12,22H,2-3,11,13H2,1H3,(H,21,23). The molecule has 2 aromatic carbocycles. The zero-order valence-corrected chi connectivity index (χ0v) is 15.2. The summed E-state index contributed by atoms with van der Waals surface area (Å²) in [6, 6.07) is 14.5. The largest absolute Gasteiger partial charge is 0.376 e. The van der Waals surface area contributed by atoms with Crippen molar-refractivity contribution in [1.82, 2.24) is 5.32 Å². The van der Waals surface area contributed by atoms with Crippen LogP contribution in [-0.2, 0) is 4.79 Å². The number of ketones is 1. The second kappa shape index (κ2) is 9.23. The molecule has 0 spiro atoms. The monoisotopic (exact) mass is 388 g/mol. The number of hydrogen-bond acceptors (Lipinski definition) is 3. The van der Waals surface area contributed by atoms with Gasteiger partial charge in [-0.25, -0.2) is 0 Å². The average molecular weight is 389 g/mol. The van der Waals surface area contributed by atoms with Gasteiger partial charge in [0.15, 0.2) is 5.78 Å². The minimum Gasteiger partial charge on any atom is -0.376 e. The molecule has 2 N–H and O–H groups in total. The first-order chi connectivity index (χ1) is 11.6. The van der Waals surface area contributed by atoms with E-state index >= 15 is 0 Å². The summed E-state index contributed by atoms with van der Waals surface area (Å²) in [6.07, 6.45) is 2.00. The molecule has 0 saturated carbocycles. The minimum absolute atomic E-state index is 0.0780. The Morgan fingerprint density at radius 2 is 1.83 bits per heavy atom. The van der Waals surface area contributed by atoms with Gasteiger partial charge in [-0.15, -0.1) is 0 Å². The van der Waals surface area contributed by atoms with E-state index in [1.54, 1.807) is 24.3 Å². The van der Waals surface area contributed by atoms with Crippen LogP contribution < -0.4 is 10.6 Å². The molecule has 1 amide bonds. The number of amides is 1. The van der Waals surface area contributed by atoms with Crippen molar-refractivity contribution in [3.63, 3.8) is 0 Å². The van der Waals surface area contributed by atoms with Gasteiger partial charge in [-0.05, 0) is 24.6 Å². The highest BCUT2D eigenvalue weighted by molar-refractivity contribution is 9.10. The molecule has 4 nitrogen and oxygen atoms in total. The van der Waals surface area contributed by atoms with Crippen molar-refractivity contribution in [3.8, 4) is 0 Å². The summed E-state index contributed by atoms with van der Waals surface area (Å²) in [7, 11) is 0. The van der Waals surface area contributed by atoms with Crippen LogP contribution in [0.15, 0.2) is 53.0 Å². The van der Waals surface area contributed by atoms with E-state index in [4.69, 9.17) is 0 Å². The lowest BCUT2D eigenvalue weighted by atomic mass is 10.0. The smallest absolute Gasteiger partial charge is 0.239 e. The average Bonchev–Trinajstić information content (AvgIpc) is 2.61. The number of anilines is 1.